The Morgan fingerprint density at radius 1 is 1.28 bits per heavy atom. The van der Waals surface area contributed by atoms with Gasteiger partial charge in [0.15, 0.2) is 5.82 Å². The van der Waals surface area contributed by atoms with Crippen LogP contribution in [0.1, 0.15) is 25.5 Å². The maximum Gasteiger partial charge on any atom is 0.180 e. The van der Waals surface area contributed by atoms with Gasteiger partial charge in [0.2, 0.25) is 0 Å². The predicted molar refractivity (Wildman–Crippen MR) is 84.2 cm³/mol. The van der Waals surface area contributed by atoms with Gasteiger partial charge in [-0.2, -0.15) is 0 Å². The molecule has 0 aliphatic rings. The van der Waals surface area contributed by atoms with Crippen LogP contribution in [0.15, 0.2) is 22.8 Å². The molecule has 0 saturated heterocycles. The van der Waals surface area contributed by atoms with E-state index in [9.17, 15) is 0 Å². The van der Waals surface area contributed by atoms with E-state index in [-0.39, 0.29) is 0 Å². The first-order chi connectivity index (χ1) is 8.49. The van der Waals surface area contributed by atoms with Gasteiger partial charge in [-0.3, -0.25) is 4.98 Å². The lowest BCUT2D eigenvalue weighted by Gasteiger charge is -2.11. The van der Waals surface area contributed by atoms with Gasteiger partial charge < -0.3 is 5.73 Å². The Morgan fingerprint density at radius 2 is 2.00 bits per heavy atom. The van der Waals surface area contributed by atoms with Crippen LogP contribution >= 0.6 is 38.5 Å². The summed E-state index contributed by atoms with van der Waals surface area (Å²) < 4.78 is 1.84. The van der Waals surface area contributed by atoms with Gasteiger partial charge >= 0.3 is 0 Å². The van der Waals surface area contributed by atoms with Gasteiger partial charge in [0, 0.05) is 10.7 Å². The van der Waals surface area contributed by atoms with Crippen LogP contribution in [-0.2, 0) is 0 Å². The summed E-state index contributed by atoms with van der Waals surface area (Å²) in [7, 11) is 0. The van der Waals surface area contributed by atoms with E-state index in [4.69, 9.17) is 5.73 Å². The zero-order valence-corrected chi connectivity index (χ0v) is 13.7. The molecule has 0 unspecified atom stereocenters. The van der Waals surface area contributed by atoms with E-state index in [1.165, 1.54) is 0 Å². The van der Waals surface area contributed by atoms with Crippen LogP contribution in [0.3, 0.4) is 0 Å². The smallest absolute Gasteiger partial charge is 0.180 e. The minimum absolute atomic E-state index is 0.302. The third-order valence-electron chi connectivity index (χ3n) is 2.41. The molecule has 94 valence electrons. The van der Waals surface area contributed by atoms with Crippen LogP contribution in [0.5, 0.6) is 0 Å². The highest BCUT2D eigenvalue weighted by Gasteiger charge is 2.14. The fourth-order valence-electron chi connectivity index (χ4n) is 1.49. The SMILES string of the molecule is CC(C)c1nc(-c2ccc(Br)cn2)nc(N)c1I. The molecule has 0 fully saturated rings. The summed E-state index contributed by atoms with van der Waals surface area (Å²) >= 11 is 5.54. The summed E-state index contributed by atoms with van der Waals surface area (Å²) in [5.41, 5.74) is 7.62. The third kappa shape index (κ3) is 2.80. The van der Waals surface area contributed by atoms with Gasteiger partial charge in [-0.15, -0.1) is 0 Å². The Hall–Kier alpha value is -0.760. The monoisotopic (exact) mass is 418 g/mol. The zero-order valence-electron chi connectivity index (χ0n) is 9.98. The summed E-state index contributed by atoms with van der Waals surface area (Å²) in [6.45, 7) is 4.17. The summed E-state index contributed by atoms with van der Waals surface area (Å²) in [5, 5.41) is 0. The van der Waals surface area contributed by atoms with Crippen molar-refractivity contribution in [3.63, 3.8) is 0 Å². The largest absolute Gasteiger partial charge is 0.383 e. The average Bonchev–Trinajstić information content (AvgIpc) is 2.33. The number of aromatic nitrogens is 3. The molecule has 0 saturated carbocycles. The Labute approximate surface area is 128 Å². The Morgan fingerprint density at radius 3 is 2.56 bits per heavy atom. The van der Waals surface area contributed by atoms with E-state index >= 15 is 0 Å². The van der Waals surface area contributed by atoms with Crippen molar-refractivity contribution in [1.29, 1.82) is 0 Å². The summed E-state index contributed by atoms with van der Waals surface area (Å²) in [6.07, 6.45) is 1.72. The van der Waals surface area contributed by atoms with Crippen molar-refractivity contribution in [2.75, 3.05) is 5.73 Å². The quantitative estimate of drug-likeness (QED) is 0.756. The third-order valence-corrected chi connectivity index (χ3v) is 3.98. The normalized spacial score (nSPS) is 10.9. The number of nitrogens with zero attached hydrogens (tertiary/aromatic N) is 3. The Kier molecular flexibility index (Phi) is 4.16. The second-order valence-electron chi connectivity index (χ2n) is 4.15. The van der Waals surface area contributed by atoms with E-state index in [1.807, 2.05) is 12.1 Å². The molecule has 0 radical (unpaired) electrons. The molecule has 0 amide bonds. The molecule has 4 nitrogen and oxygen atoms in total. The van der Waals surface area contributed by atoms with E-state index in [0.29, 0.717) is 17.6 Å². The maximum absolute atomic E-state index is 5.93. The summed E-state index contributed by atoms with van der Waals surface area (Å²) in [4.78, 5) is 13.1. The van der Waals surface area contributed by atoms with Crippen molar-refractivity contribution in [2.24, 2.45) is 0 Å². The van der Waals surface area contributed by atoms with Gasteiger partial charge in [-0.25, -0.2) is 9.97 Å². The molecule has 0 atom stereocenters. The molecule has 2 rings (SSSR count). The van der Waals surface area contributed by atoms with Gasteiger partial charge in [-0.05, 0) is 56.6 Å². The van der Waals surface area contributed by atoms with Crippen molar-refractivity contribution in [3.8, 4) is 11.5 Å². The minimum atomic E-state index is 0.302. The number of nitrogens with two attached hydrogens (primary N) is 1. The van der Waals surface area contributed by atoms with Crippen LogP contribution in [0.25, 0.3) is 11.5 Å². The van der Waals surface area contributed by atoms with Gasteiger partial charge in [0.05, 0.1) is 9.26 Å². The molecule has 0 bridgehead atoms. The first-order valence-electron chi connectivity index (χ1n) is 5.44. The molecule has 2 N–H and O–H groups in total. The number of pyridine rings is 1. The van der Waals surface area contributed by atoms with Crippen molar-refractivity contribution in [3.05, 3.63) is 32.1 Å². The summed E-state index contributed by atoms with van der Waals surface area (Å²) in [6, 6.07) is 3.78. The standard InChI is InChI=1S/C12H12BrIN4/c1-6(2)10-9(14)11(15)18-12(17-10)8-4-3-7(13)5-16-8/h3-6H,1-2H3,(H2,15,17,18). The fraction of sp³-hybridized carbons (Fsp3) is 0.250. The molecule has 2 aromatic heterocycles. The van der Waals surface area contributed by atoms with E-state index < -0.39 is 0 Å². The van der Waals surface area contributed by atoms with Gasteiger partial charge in [0.1, 0.15) is 11.5 Å². The lowest BCUT2D eigenvalue weighted by atomic mass is 10.1. The number of nitrogen functional groups attached to an aromatic ring is 1. The van der Waals surface area contributed by atoms with Crippen LogP contribution in [0, 0.1) is 3.57 Å². The molecule has 2 heterocycles. The molecule has 0 aliphatic carbocycles. The number of hydrogen-bond donors (Lipinski definition) is 1. The first-order valence-corrected chi connectivity index (χ1v) is 7.31. The molecule has 0 aliphatic heterocycles. The fourth-order valence-corrected chi connectivity index (χ4v) is 2.59. The number of rotatable bonds is 2. The first kappa shape index (κ1) is 13.7. The highest BCUT2D eigenvalue weighted by atomic mass is 127. The Bertz CT molecular complexity index is 569. The van der Waals surface area contributed by atoms with Crippen molar-refractivity contribution in [1.82, 2.24) is 15.0 Å². The molecular weight excluding hydrogens is 407 g/mol. The van der Waals surface area contributed by atoms with Crippen molar-refractivity contribution in [2.45, 2.75) is 19.8 Å². The number of anilines is 1. The second kappa shape index (κ2) is 5.48. The van der Waals surface area contributed by atoms with Crippen LogP contribution in [-0.4, -0.2) is 15.0 Å². The molecule has 0 spiro atoms. The minimum Gasteiger partial charge on any atom is -0.383 e. The maximum atomic E-state index is 5.93. The molecule has 0 aromatic carbocycles. The highest BCUT2D eigenvalue weighted by Crippen LogP contribution is 2.26. The van der Waals surface area contributed by atoms with Crippen molar-refractivity contribution >= 4 is 44.3 Å². The zero-order chi connectivity index (χ0) is 13.3. The van der Waals surface area contributed by atoms with E-state index in [2.05, 4.69) is 67.3 Å². The number of hydrogen-bond acceptors (Lipinski definition) is 4. The molecule has 6 heteroatoms. The lowest BCUT2D eigenvalue weighted by Crippen LogP contribution is -2.06. The van der Waals surface area contributed by atoms with Crippen LogP contribution < -0.4 is 5.73 Å². The van der Waals surface area contributed by atoms with Crippen LogP contribution in [0.2, 0.25) is 0 Å². The summed E-state index contributed by atoms with van der Waals surface area (Å²) in [5.74, 6) is 1.38. The van der Waals surface area contributed by atoms with E-state index in [0.717, 1.165) is 19.4 Å². The van der Waals surface area contributed by atoms with Crippen molar-refractivity contribution < 1.29 is 0 Å². The van der Waals surface area contributed by atoms with E-state index in [1.54, 1.807) is 6.20 Å². The second-order valence-corrected chi connectivity index (χ2v) is 6.14. The Balaban J connectivity index is 2.55. The van der Waals surface area contributed by atoms with Gasteiger partial charge in [-0.1, -0.05) is 13.8 Å². The van der Waals surface area contributed by atoms with Gasteiger partial charge in [0.25, 0.3) is 0 Å². The average molecular weight is 419 g/mol. The van der Waals surface area contributed by atoms with Crippen LogP contribution in [0.4, 0.5) is 5.82 Å². The molecule has 18 heavy (non-hydrogen) atoms. The molecule has 2 aromatic rings. The lowest BCUT2D eigenvalue weighted by molar-refractivity contribution is 0.809. The predicted octanol–water partition coefficient (Wildman–Crippen LogP) is 3.61. The number of halogens is 2. The highest BCUT2D eigenvalue weighted by molar-refractivity contribution is 14.1. The topological polar surface area (TPSA) is 64.7 Å². The molecular formula is C12H12BrIN4.